The number of rotatable bonds is 11. The summed E-state index contributed by atoms with van der Waals surface area (Å²) in [4.78, 5) is 0. The Bertz CT molecular complexity index is 343. The number of nitrogens with one attached hydrogen (secondary N) is 1. The average Bonchev–Trinajstić information content (AvgIpc) is 2.45. The molecule has 0 aromatic heterocycles. The normalized spacial score (nSPS) is 12.6. The minimum absolute atomic E-state index is 0.403. The van der Waals surface area contributed by atoms with Crippen LogP contribution >= 0.6 is 11.6 Å². The zero-order valence-corrected chi connectivity index (χ0v) is 13.0. The highest BCUT2D eigenvalue weighted by Gasteiger charge is 2.03. The molecule has 114 valence electrons. The van der Waals surface area contributed by atoms with Crippen LogP contribution in [-0.2, 0) is 11.3 Å². The zero-order valence-electron chi connectivity index (χ0n) is 12.3. The van der Waals surface area contributed by atoms with Crippen LogP contribution in [0, 0.1) is 0 Å². The number of halogens is 1. The maximum absolute atomic E-state index is 9.77. The highest BCUT2D eigenvalue weighted by Crippen LogP contribution is 2.09. The molecular formula is C16H26ClNO2. The van der Waals surface area contributed by atoms with Crippen LogP contribution in [0.1, 0.15) is 38.2 Å². The first kappa shape index (κ1) is 17.4. The first-order chi connectivity index (χ1) is 9.72. The topological polar surface area (TPSA) is 41.5 Å². The highest BCUT2D eigenvalue weighted by molar-refractivity contribution is 6.30. The van der Waals surface area contributed by atoms with E-state index in [9.17, 15) is 5.11 Å². The fourth-order valence-corrected chi connectivity index (χ4v) is 2.02. The molecule has 0 aliphatic carbocycles. The van der Waals surface area contributed by atoms with E-state index in [1.54, 1.807) is 0 Å². The van der Waals surface area contributed by atoms with E-state index in [2.05, 4.69) is 12.2 Å². The number of hydrogen-bond acceptors (Lipinski definition) is 3. The van der Waals surface area contributed by atoms with Crippen molar-refractivity contribution in [2.45, 2.75) is 45.3 Å². The number of aliphatic hydroxyl groups excluding tert-OH is 1. The van der Waals surface area contributed by atoms with Gasteiger partial charge in [0.2, 0.25) is 0 Å². The molecule has 0 bridgehead atoms. The molecule has 0 fully saturated rings. The Morgan fingerprint density at radius 1 is 1.20 bits per heavy atom. The van der Waals surface area contributed by atoms with Gasteiger partial charge in [0.25, 0.3) is 0 Å². The summed E-state index contributed by atoms with van der Waals surface area (Å²) in [6, 6.07) is 7.70. The molecule has 20 heavy (non-hydrogen) atoms. The molecule has 0 amide bonds. The quantitative estimate of drug-likeness (QED) is 0.616. The van der Waals surface area contributed by atoms with E-state index in [4.69, 9.17) is 16.3 Å². The standard InChI is InChI=1S/C16H26ClNO2/c1-2-3-4-5-10-20-13-16(19)12-18-11-14-6-8-15(17)9-7-14/h6-9,16,18-19H,2-5,10-13H2,1H3. The van der Waals surface area contributed by atoms with Gasteiger partial charge in [-0.05, 0) is 24.1 Å². The molecule has 3 nitrogen and oxygen atoms in total. The molecule has 0 spiro atoms. The van der Waals surface area contributed by atoms with Crippen molar-refractivity contribution < 1.29 is 9.84 Å². The summed E-state index contributed by atoms with van der Waals surface area (Å²) in [7, 11) is 0. The van der Waals surface area contributed by atoms with Gasteiger partial charge < -0.3 is 15.2 Å². The third-order valence-corrected chi connectivity index (χ3v) is 3.33. The lowest BCUT2D eigenvalue weighted by molar-refractivity contribution is 0.0353. The lowest BCUT2D eigenvalue weighted by Crippen LogP contribution is -2.30. The van der Waals surface area contributed by atoms with Crippen molar-refractivity contribution >= 4 is 11.6 Å². The summed E-state index contributed by atoms with van der Waals surface area (Å²) in [5, 5.41) is 13.7. The molecule has 1 atom stereocenters. The molecule has 2 N–H and O–H groups in total. The summed E-state index contributed by atoms with van der Waals surface area (Å²) in [5.74, 6) is 0. The molecule has 0 aliphatic heterocycles. The van der Waals surface area contributed by atoms with Crippen molar-refractivity contribution in [2.24, 2.45) is 0 Å². The van der Waals surface area contributed by atoms with E-state index < -0.39 is 6.10 Å². The SMILES string of the molecule is CCCCCCOCC(O)CNCc1ccc(Cl)cc1. The van der Waals surface area contributed by atoms with Crippen LogP contribution in [0.3, 0.4) is 0 Å². The molecule has 0 saturated heterocycles. The van der Waals surface area contributed by atoms with Gasteiger partial charge in [-0.1, -0.05) is 49.9 Å². The fraction of sp³-hybridized carbons (Fsp3) is 0.625. The Balaban J connectivity index is 1.99. The van der Waals surface area contributed by atoms with Gasteiger partial charge in [-0.3, -0.25) is 0 Å². The van der Waals surface area contributed by atoms with Gasteiger partial charge in [0.05, 0.1) is 12.7 Å². The molecule has 1 aromatic rings. The fourth-order valence-electron chi connectivity index (χ4n) is 1.89. The molecule has 1 unspecified atom stereocenters. The van der Waals surface area contributed by atoms with E-state index in [1.807, 2.05) is 24.3 Å². The Morgan fingerprint density at radius 2 is 1.95 bits per heavy atom. The first-order valence-corrected chi connectivity index (χ1v) is 7.81. The van der Waals surface area contributed by atoms with Gasteiger partial charge in [0.15, 0.2) is 0 Å². The Kier molecular flexibility index (Phi) is 9.67. The van der Waals surface area contributed by atoms with Gasteiger partial charge in [-0.25, -0.2) is 0 Å². The Morgan fingerprint density at radius 3 is 2.65 bits per heavy atom. The molecule has 0 saturated carbocycles. The average molecular weight is 300 g/mol. The number of ether oxygens (including phenoxy) is 1. The van der Waals surface area contributed by atoms with Crippen LogP contribution < -0.4 is 5.32 Å². The van der Waals surface area contributed by atoms with Gasteiger partial charge >= 0.3 is 0 Å². The van der Waals surface area contributed by atoms with Gasteiger partial charge in [-0.15, -0.1) is 0 Å². The summed E-state index contributed by atoms with van der Waals surface area (Å²) < 4.78 is 5.45. The highest BCUT2D eigenvalue weighted by atomic mass is 35.5. The maximum Gasteiger partial charge on any atom is 0.0897 e. The van der Waals surface area contributed by atoms with Crippen LogP contribution in [0.15, 0.2) is 24.3 Å². The molecule has 0 heterocycles. The predicted octanol–water partition coefficient (Wildman–Crippen LogP) is 3.39. The Hall–Kier alpha value is -0.610. The van der Waals surface area contributed by atoms with E-state index in [1.165, 1.54) is 19.3 Å². The summed E-state index contributed by atoms with van der Waals surface area (Å²) in [5.41, 5.74) is 1.15. The molecule has 0 radical (unpaired) electrons. The summed E-state index contributed by atoms with van der Waals surface area (Å²) in [6.45, 7) is 4.60. The van der Waals surface area contributed by atoms with Crippen LogP contribution in [0.25, 0.3) is 0 Å². The van der Waals surface area contributed by atoms with Crippen LogP contribution in [0.4, 0.5) is 0 Å². The lowest BCUT2D eigenvalue weighted by Gasteiger charge is -2.12. The molecule has 4 heteroatoms. The zero-order chi connectivity index (χ0) is 14.6. The molecule has 1 aromatic carbocycles. The summed E-state index contributed by atoms with van der Waals surface area (Å²) >= 11 is 5.82. The monoisotopic (exact) mass is 299 g/mol. The largest absolute Gasteiger partial charge is 0.389 e. The third-order valence-electron chi connectivity index (χ3n) is 3.07. The van der Waals surface area contributed by atoms with Crippen LogP contribution in [0.5, 0.6) is 0 Å². The molecule has 1 rings (SSSR count). The number of unbranched alkanes of at least 4 members (excludes halogenated alkanes) is 3. The van der Waals surface area contributed by atoms with Crippen molar-refractivity contribution in [3.63, 3.8) is 0 Å². The third kappa shape index (κ3) is 8.54. The number of benzene rings is 1. The van der Waals surface area contributed by atoms with Crippen molar-refractivity contribution in [3.8, 4) is 0 Å². The first-order valence-electron chi connectivity index (χ1n) is 7.43. The van der Waals surface area contributed by atoms with E-state index in [-0.39, 0.29) is 0 Å². The van der Waals surface area contributed by atoms with Gasteiger partial charge in [-0.2, -0.15) is 0 Å². The van der Waals surface area contributed by atoms with Crippen LogP contribution in [0.2, 0.25) is 5.02 Å². The Labute approximate surface area is 127 Å². The predicted molar refractivity (Wildman–Crippen MR) is 84.1 cm³/mol. The molecular weight excluding hydrogens is 274 g/mol. The van der Waals surface area contributed by atoms with E-state index in [0.29, 0.717) is 13.2 Å². The van der Waals surface area contributed by atoms with Crippen molar-refractivity contribution in [1.29, 1.82) is 0 Å². The lowest BCUT2D eigenvalue weighted by atomic mass is 10.2. The smallest absolute Gasteiger partial charge is 0.0897 e. The van der Waals surface area contributed by atoms with Crippen molar-refractivity contribution in [1.82, 2.24) is 5.32 Å². The molecule has 0 aliphatic rings. The second-order valence-electron chi connectivity index (χ2n) is 5.05. The maximum atomic E-state index is 9.77. The van der Waals surface area contributed by atoms with Crippen molar-refractivity contribution in [3.05, 3.63) is 34.9 Å². The minimum Gasteiger partial charge on any atom is -0.389 e. The second-order valence-corrected chi connectivity index (χ2v) is 5.48. The van der Waals surface area contributed by atoms with E-state index >= 15 is 0 Å². The minimum atomic E-state index is -0.450. The van der Waals surface area contributed by atoms with Crippen LogP contribution in [-0.4, -0.2) is 31.0 Å². The van der Waals surface area contributed by atoms with Gasteiger partial charge in [0.1, 0.15) is 0 Å². The number of hydrogen-bond donors (Lipinski definition) is 2. The van der Waals surface area contributed by atoms with E-state index in [0.717, 1.165) is 30.2 Å². The van der Waals surface area contributed by atoms with Gasteiger partial charge in [0, 0.05) is 24.7 Å². The number of aliphatic hydroxyl groups is 1. The second kappa shape index (κ2) is 11.1. The summed E-state index contributed by atoms with van der Waals surface area (Å²) in [6.07, 6.45) is 4.33. The van der Waals surface area contributed by atoms with Crippen molar-refractivity contribution in [2.75, 3.05) is 19.8 Å².